The zero-order chi connectivity index (χ0) is 13.1. The second-order valence-electron chi connectivity index (χ2n) is 3.32. The van der Waals surface area contributed by atoms with Crippen LogP contribution in [0, 0.1) is 10.1 Å². The third kappa shape index (κ3) is 2.25. The number of nitro groups is 1. The van der Waals surface area contributed by atoms with Gasteiger partial charge in [0.05, 0.1) is 18.2 Å². The molecule has 0 spiro atoms. The van der Waals surface area contributed by atoms with Crippen molar-refractivity contribution in [1.29, 1.82) is 0 Å². The molecule has 1 heterocycles. The molecule has 0 amide bonds. The van der Waals surface area contributed by atoms with Gasteiger partial charge in [0.1, 0.15) is 9.22 Å². The van der Waals surface area contributed by atoms with Crippen LogP contribution in [0.1, 0.15) is 10.4 Å². The van der Waals surface area contributed by atoms with Crippen molar-refractivity contribution in [2.45, 2.75) is 4.90 Å². The molecule has 2 aromatic rings. The normalized spacial score (nSPS) is 10.3. The number of rotatable bonds is 3. The Morgan fingerprint density at radius 2 is 2.22 bits per heavy atom. The molecule has 1 aromatic carbocycles. The number of ether oxygens (including phenoxy) is 1. The van der Waals surface area contributed by atoms with E-state index in [0.717, 1.165) is 0 Å². The van der Waals surface area contributed by atoms with Gasteiger partial charge in [0.25, 0.3) is 11.9 Å². The minimum absolute atomic E-state index is 0.341. The van der Waals surface area contributed by atoms with Crippen LogP contribution in [0.2, 0.25) is 0 Å². The standard InChI is InChI=1S/C11H8N2O4S/c1-17-11(14)8-5-6-12-10-7(8)3-2-4-9(10)18-13(15)16/h2-6H,1H3. The number of benzene rings is 1. The largest absolute Gasteiger partial charge is 0.465 e. The monoisotopic (exact) mass is 264 g/mol. The fraction of sp³-hybridized carbons (Fsp3) is 0.0909. The Balaban J connectivity index is 2.65. The molecule has 0 bridgehead atoms. The number of para-hydroxylation sites is 1. The summed E-state index contributed by atoms with van der Waals surface area (Å²) in [5.74, 6) is -0.495. The Morgan fingerprint density at radius 1 is 1.44 bits per heavy atom. The van der Waals surface area contributed by atoms with Gasteiger partial charge in [-0.15, -0.1) is 0 Å². The van der Waals surface area contributed by atoms with Crippen LogP contribution in [0.5, 0.6) is 0 Å². The molecule has 2 rings (SSSR count). The van der Waals surface area contributed by atoms with E-state index in [2.05, 4.69) is 9.72 Å². The van der Waals surface area contributed by atoms with E-state index in [1.807, 2.05) is 0 Å². The number of hydrogen-bond donors (Lipinski definition) is 0. The van der Waals surface area contributed by atoms with Crippen LogP contribution in [0.4, 0.5) is 0 Å². The number of fused-ring (bicyclic) bond motifs is 1. The molecule has 0 atom stereocenters. The maximum Gasteiger partial charge on any atom is 0.338 e. The zero-order valence-electron chi connectivity index (χ0n) is 9.32. The molecule has 0 N–H and O–H groups in total. The average molecular weight is 264 g/mol. The molecule has 0 unspecified atom stereocenters. The number of esters is 1. The fourth-order valence-electron chi connectivity index (χ4n) is 1.59. The molecule has 1 aromatic heterocycles. The third-order valence-electron chi connectivity index (χ3n) is 2.31. The highest BCUT2D eigenvalue weighted by Gasteiger charge is 2.16. The number of nitrogens with zero attached hydrogens (tertiary/aromatic N) is 2. The van der Waals surface area contributed by atoms with Gasteiger partial charge >= 0.3 is 5.97 Å². The smallest absolute Gasteiger partial charge is 0.338 e. The molecule has 7 heteroatoms. The summed E-state index contributed by atoms with van der Waals surface area (Å²) in [5, 5.41) is 11.1. The van der Waals surface area contributed by atoms with Gasteiger partial charge in [-0.1, -0.05) is 12.1 Å². The molecule has 0 aliphatic heterocycles. The second-order valence-corrected chi connectivity index (χ2v) is 4.24. The molecule has 0 aliphatic rings. The number of pyridine rings is 1. The van der Waals surface area contributed by atoms with E-state index in [1.165, 1.54) is 19.4 Å². The van der Waals surface area contributed by atoms with E-state index in [0.29, 0.717) is 33.3 Å². The lowest BCUT2D eigenvalue weighted by Crippen LogP contribution is -2.02. The lowest BCUT2D eigenvalue weighted by molar-refractivity contribution is -0.284. The molecule has 0 saturated heterocycles. The SMILES string of the molecule is COC(=O)c1ccnc2c(S[N+](=O)[O-])cccc12. The van der Waals surface area contributed by atoms with E-state index in [-0.39, 0.29) is 0 Å². The second kappa shape index (κ2) is 5.01. The Hall–Kier alpha value is -2.15. The van der Waals surface area contributed by atoms with Crippen LogP contribution >= 0.6 is 11.9 Å². The van der Waals surface area contributed by atoms with Crippen LogP contribution in [-0.4, -0.2) is 22.4 Å². The van der Waals surface area contributed by atoms with Crippen molar-refractivity contribution in [3.8, 4) is 0 Å². The van der Waals surface area contributed by atoms with Gasteiger partial charge in [0, 0.05) is 11.6 Å². The van der Waals surface area contributed by atoms with Gasteiger partial charge in [-0.05, 0) is 12.1 Å². The van der Waals surface area contributed by atoms with Gasteiger partial charge in [-0.2, -0.15) is 0 Å². The highest BCUT2D eigenvalue weighted by atomic mass is 32.2. The molecule has 0 saturated carbocycles. The summed E-state index contributed by atoms with van der Waals surface area (Å²) in [6.45, 7) is 0. The van der Waals surface area contributed by atoms with E-state index >= 15 is 0 Å². The van der Waals surface area contributed by atoms with Gasteiger partial charge in [0.2, 0.25) is 0 Å². The first-order valence-corrected chi connectivity index (χ1v) is 5.69. The molecule has 6 nitrogen and oxygen atoms in total. The summed E-state index contributed by atoms with van der Waals surface area (Å²) in [6, 6.07) is 6.43. The minimum Gasteiger partial charge on any atom is -0.465 e. The minimum atomic E-state index is -0.513. The molecule has 0 aliphatic carbocycles. The molecular formula is C11H8N2O4S. The zero-order valence-corrected chi connectivity index (χ0v) is 10.1. The summed E-state index contributed by atoms with van der Waals surface area (Å²) in [4.78, 5) is 26.6. The average Bonchev–Trinajstić information content (AvgIpc) is 2.37. The molecule has 0 radical (unpaired) electrons. The van der Waals surface area contributed by atoms with Crippen molar-refractivity contribution >= 4 is 28.8 Å². The van der Waals surface area contributed by atoms with E-state index in [1.54, 1.807) is 18.2 Å². The highest BCUT2D eigenvalue weighted by molar-refractivity contribution is 7.93. The summed E-state index contributed by atoms with van der Waals surface area (Å²) in [7, 11) is 1.28. The molecule has 0 fully saturated rings. The first kappa shape index (κ1) is 12.3. The lowest BCUT2D eigenvalue weighted by atomic mass is 10.1. The first-order chi connectivity index (χ1) is 8.63. The van der Waals surface area contributed by atoms with E-state index in [9.17, 15) is 14.9 Å². The number of aromatic nitrogens is 1. The predicted octanol–water partition coefficient (Wildman–Crippen LogP) is 2.31. The number of hydrogen-bond acceptors (Lipinski definition) is 6. The van der Waals surface area contributed by atoms with Gasteiger partial charge < -0.3 is 4.74 Å². The maximum absolute atomic E-state index is 11.6. The van der Waals surface area contributed by atoms with Crippen molar-refractivity contribution in [1.82, 2.24) is 4.98 Å². The van der Waals surface area contributed by atoms with Crippen LogP contribution < -0.4 is 0 Å². The van der Waals surface area contributed by atoms with Gasteiger partial charge in [-0.3, -0.25) is 15.1 Å². The topological polar surface area (TPSA) is 82.3 Å². The first-order valence-electron chi connectivity index (χ1n) is 4.92. The lowest BCUT2D eigenvalue weighted by Gasteiger charge is -2.05. The van der Waals surface area contributed by atoms with Crippen LogP contribution in [0.25, 0.3) is 10.9 Å². The predicted molar refractivity (Wildman–Crippen MR) is 65.9 cm³/mol. The van der Waals surface area contributed by atoms with Gasteiger partial charge in [-0.25, -0.2) is 4.79 Å². The Bertz CT molecular complexity index is 629. The van der Waals surface area contributed by atoms with E-state index < -0.39 is 10.3 Å². The van der Waals surface area contributed by atoms with E-state index in [4.69, 9.17) is 0 Å². The third-order valence-corrected chi connectivity index (χ3v) is 2.99. The van der Waals surface area contributed by atoms with Crippen LogP contribution in [0.3, 0.4) is 0 Å². The van der Waals surface area contributed by atoms with Crippen LogP contribution in [-0.2, 0) is 4.74 Å². The maximum atomic E-state index is 11.6. The summed E-state index contributed by atoms with van der Waals surface area (Å²) < 4.78 is 4.15. The van der Waals surface area contributed by atoms with Crippen molar-refractivity contribution in [3.05, 3.63) is 46.1 Å². The Morgan fingerprint density at radius 3 is 2.89 bits per heavy atom. The molecule has 18 heavy (non-hydrogen) atoms. The Kier molecular flexibility index (Phi) is 3.42. The summed E-state index contributed by atoms with van der Waals surface area (Å²) >= 11 is 0.464. The summed E-state index contributed by atoms with van der Waals surface area (Å²) in [6.07, 6.45) is 1.43. The number of carbonyl (C=O) groups is 1. The van der Waals surface area contributed by atoms with Crippen molar-refractivity contribution in [2.24, 2.45) is 0 Å². The Labute approximate surface area is 106 Å². The quantitative estimate of drug-likeness (QED) is 0.366. The van der Waals surface area contributed by atoms with Crippen molar-refractivity contribution < 1.29 is 13.9 Å². The number of carbonyl (C=O) groups excluding carboxylic acids is 1. The number of methoxy groups -OCH3 is 1. The molecule has 92 valence electrons. The summed E-state index contributed by atoms with van der Waals surface area (Å²) in [5.41, 5.74) is 0.760. The van der Waals surface area contributed by atoms with Crippen molar-refractivity contribution in [2.75, 3.05) is 7.11 Å². The fourth-order valence-corrected chi connectivity index (χ4v) is 2.14. The van der Waals surface area contributed by atoms with Crippen LogP contribution in [0.15, 0.2) is 35.4 Å². The highest BCUT2D eigenvalue weighted by Crippen LogP contribution is 2.28. The van der Waals surface area contributed by atoms with Gasteiger partial charge in [0.15, 0.2) is 0 Å². The molecular weight excluding hydrogens is 256 g/mol. The van der Waals surface area contributed by atoms with Crippen molar-refractivity contribution in [3.63, 3.8) is 0 Å².